The zero-order valence-corrected chi connectivity index (χ0v) is 16.7. The van der Waals surface area contributed by atoms with Crippen molar-refractivity contribution in [1.29, 1.82) is 0 Å². The minimum atomic E-state index is -0.937. The molecule has 0 bridgehead atoms. The van der Waals surface area contributed by atoms with Crippen LogP contribution in [-0.4, -0.2) is 41.9 Å². The molecule has 0 aliphatic heterocycles. The van der Waals surface area contributed by atoms with Crippen molar-refractivity contribution in [2.45, 2.75) is 19.6 Å². The van der Waals surface area contributed by atoms with Crippen LogP contribution in [-0.2, 0) is 16.1 Å². The Balaban J connectivity index is 1.55. The third-order valence-electron chi connectivity index (χ3n) is 4.36. The number of ether oxygens (including phenoxy) is 1. The average Bonchev–Trinajstić information content (AvgIpc) is 3.17. The van der Waals surface area contributed by atoms with Crippen LogP contribution in [0.2, 0.25) is 0 Å². The molecular formula is C22H24N4O3. The number of hydrogen-bond acceptors (Lipinski definition) is 5. The van der Waals surface area contributed by atoms with Crippen LogP contribution in [0.25, 0.3) is 0 Å². The molecule has 0 spiro atoms. The van der Waals surface area contributed by atoms with Crippen LogP contribution >= 0.6 is 0 Å². The van der Waals surface area contributed by atoms with Gasteiger partial charge in [-0.15, -0.1) is 0 Å². The highest BCUT2D eigenvalue weighted by molar-refractivity contribution is 5.97. The van der Waals surface area contributed by atoms with Gasteiger partial charge in [-0.2, -0.15) is 5.10 Å². The minimum Gasteiger partial charge on any atom is -0.449 e. The van der Waals surface area contributed by atoms with Gasteiger partial charge >= 0.3 is 5.97 Å². The smallest absolute Gasteiger partial charge is 0.342 e. The normalized spacial score (nSPS) is 11.6. The van der Waals surface area contributed by atoms with E-state index in [1.54, 1.807) is 23.0 Å². The second-order valence-electron chi connectivity index (χ2n) is 6.89. The number of carbonyl (C=O) groups excluding carboxylic acids is 2. The van der Waals surface area contributed by atoms with E-state index in [9.17, 15) is 9.59 Å². The van der Waals surface area contributed by atoms with Gasteiger partial charge in [-0.25, -0.2) is 4.79 Å². The Hall–Kier alpha value is -3.61. The molecular weight excluding hydrogens is 368 g/mol. The van der Waals surface area contributed by atoms with E-state index >= 15 is 0 Å². The second kappa shape index (κ2) is 9.05. The van der Waals surface area contributed by atoms with Crippen molar-refractivity contribution in [3.05, 3.63) is 78.1 Å². The Morgan fingerprint density at radius 2 is 1.79 bits per heavy atom. The van der Waals surface area contributed by atoms with E-state index in [-0.39, 0.29) is 0 Å². The molecule has 150 valence electrons. The van der Waals surface area contributed by atoms with Crippen molar-refractivity contribution in [2.24, 2.45) is 0 Å². The summed E-state index contributed by atoms with van der Waals surface area (Å²) in [7, 11) is 3.88. The molecule has 2 aromatic carbocycles. The summed E-state index contributed by atoms with van der Waals surface area (Å²) in [4.78, 5) is 26.6. The van der Waals surface area contributed by atoms with Crippen LogP contribution in [0.1, 0.15) is 22.8 Å². The Morgan fingerprint density at radius 3 is 2.45 bits per heavy atom. The molecule has 29 heavy (non-hydrogen) atoms. The summed E-state index contributed by atoms with van der Waals surface area (Å²) < 4.78 is 6.94. The topological polar surface area (TPSA) is 76.5 Å². The van der Waals surface area contributed by atoms with Crippen LogP contribution in [0, 0.1) is 0 Å². The van der Waals surface area contributed by atoms with Crippen molar-refractivity contribution >= 4 is 23.3 Å². The molecule has 0 saturated carbocycles. The number of carbonyl (C=O) groups is 2. The first kappa shape index (κ1) is 20.1. The van der Waals surface area contributed by atoms with Gasteiger partial charge in [0, 0.05) is 31.7 Å². The van der Waals surface area contributed by atoms with E-state index in [2.05, 4.69) is 10.4 Å². The van der Waals surface area contributed by atoms with Gasteiger partial charge in [0.15, 0.2) is 6.10 Å². The molecule has 0 fully saturated rings. The predicted molar refractivity (Wildman–Crippen MR) is 112 cm³/mol. The van der Waals surface area contributed by atoms with E-state index in [4.69, 9.17) is 4.74 Å². The first-order chi connectivity index (χ1) is 13.9. The van der Waals surface area contributed by atoms with Gasteiger partial charge in [-0.05, 0) is 36.8 Å². The van der Waals surface area contributed by atoms with Gasteiger partial charge in [0.2, 0.25) is 0 Å². The number of anilines is 2. The van der Waals surface area contributed by atoms with Crippen molar-refractivity contribution in [3.8, 4) is 0 Å². The fourth-order valence-electron chi connectivity index (χ4n) is 2.69. The summed E-state index contributed by atoms with van der Waals surface area (Å²) >= 11 is 0. The molecule has 1 aromatic heterocycles. The van der Waals surface area contributed by atoms with Crippen LogP contribution in [0.5, 0.6) is 0 Å². The summed E-state index contributed by atoms with van der Waals surface area (Å²) in [5.41, 5.74) is 3.04. The molecule has 0 aliphatic rings. The molecule has 1 heterocycles. The molecule has 0 saturated heterocycles. The highest BCUT2D eigenvalue weighted by Crippen LogP contribution is 2.16. The standard InChI is InChI=1S/C22H24N4O3/c1-16(21(27)24-19-9-11-20(12-10-19)25(2)3)29-22(28)18-13-23-26(15-18)14-17-7-5-4-6-8-17/h4-13,15-16H,14H2,1-3H3,(H,24,27). The third kappa shape index (κ3) is 5.44. The number of esters is 1. The maximum absolute atomic E-state index is 12.3. The molecule has 1 unspecified atom stereocenters. The van der Waals surface area contributed by atoms with Crippen LogP contribution < -0.4 is 10.2 Å². The van der Waals surface area contributed by atoms with Crippen LogP contribution in [0.3, 0.4) is 0 Å². The number of aromatic nitrogens is 2. The van der Waals surface area contributed by atoms with Crippen molar-refractivity contribution in [3.63, 3.8) is 0 Å². The highest BCUT2D eigenvalue weighted by Gasteiger charge is 2.20. The van der Waals surface area contributed by atoms with Gasteiger partial charge < -0.3 is 15.0 Å². The zero-order valence-electron chi connectivity index (χ0n) is 16.7. The molecule has 1 atom stereocenters. The van der Waals surface area contributed by atoms with E-state index in [1.807, 2.05) is 61.5 Å². The van der Waals surface area contributed by atoms with Crippen molar-refractivity contribution < 1.29 is 14.3 Å². The lowest BCUT2D eigenvalue weighted by Crippen LogP contribution is -2.29. The lowest BCUT2D eigenvalue weighted by atomic mass is 10.2. The summed E-state index contributed by atoms with van der Waals surface area (Å²) in [5, 5.41) is 6.93. The Bertz CT molecular complexity index is 965. The maximum Gasteiger partial charge on any atom is 0.342 e. The second-order valence-corrected chi connectivity index (χ2v) is 6.89. The minimum absolute atomic E-state index is 0.302. The average molecular weight is 392 g/mol. The van der Waals surface area contributed by atoms with E-state index < -0.39 is 18.0 Å². The zero-order chi connectivity index (χ0) is 20.8. The maximum atomic E-state index is 12.3. The number of rotatable bonds is 7. The largest absolute Gasteiger partial charge is 0.449 e. The highest BCUT2D eigenvalue weighted by atomic mass is 16.5. The molecule has 0 radical (unpaired) electrons. The number of amides is 1. The lowest BCUT2D eigenvalue weighted by molar-refractivity contribution is -0.123. The van der Waals surface area contributed by atoms with Crippen LogP contribution in [0.4, 0.5) is 11.4 Å². The summed E-state index contributed by atoms with van der Waals surface area (Å²) in [6.45, 7) is 2.09. The summed E-state index contributed by atoms with van der Waals surface area (Å²) in [6, 6.07) is 17.2. The Labute approximate surface area is 169 Å². The predicted octanol–water partition coefficient (Wildman–Crippen LogP) is 3.18. The van der Waals surface area contributed by atoms with Crippen molar-refractivity contribution in [1.82, 2.24) is 9.78 Å². The van der Waals surface area contributed by atoms with Gasteiger partial charge in [0.1, 0.15) is 0 Å². The molecule has 3 aromatic rings. The van der Waals surface area contributed by atoms with Gasteiger partial charge in [-0.3, -0.25) is 9.48 Å². The number of nitrogens with zero attached hydrogens (tertiary/aromatic N) is 3. The Kier molecular flexibility index (Phi) is 6.29. The van der Waals surface area contributed by atoms with Gasteiger partial charge in [0.25, 0.3) is 5.91 Å². The van der Waals surface area contributed by atoms with Gasteiger partial charge in [0.05, 0.1) is 18.3 Å². The quantitative estimate of drug-likeness (QED) is 0.625. The molecule has 1 amide bonds. The summed E-state index contributed by atoms with van der Waals surface area (Å²) in [5.74, 6) is -0.984. The first-order valence-electron chi connectivity index (χ1n) is 9.28. The first-order valence-corrected chi connectivity index (χ1v) is 9.28. The molecule has 1 N–H and O–H groups in total. The monoisotopic (exact) mass is 392 g/mol. The molecule has 7 nitrogen and oxygen atoms in total. The Morgan fingerprint density at radius 1 is 1.10 bits per heavy atom. The lowest BCUT2D eigenvalue weighted by Gasteiger charge is -2.15. The van der Waals surface area contributed by atoms with E-state index in [0.717, 1.165) is 11.3 Å². The molecule has 7 heteroatoms. The summed E-state index contributed by atoms with van der Waals surface area (Å²) in [6.07, 6.45) is 2.11. The SMILES string of the molecule is CC(OC(=O)c1cnn(Cc2ccccc2)c1)C(=O)Nc1ccc(N(C)C)cc1. The number of hydrogen-bond donors (Lipinski definition) is 1. The van der Waals surface area contributed by atoms with Crippen molar-refractivity contribution in [2.75, 3.05) is 24.3 Å². The van der Waals surface area contributed by atoms with Crippen LogP contribution in [0.15, 0.2) is 67.0 Å². The number of benzene rings is 2. The van der Waals surface area contributed by atoms with E-state index in [1.165, 1.54) is 13.1 Å². The molecule has 3 rings (SSSR count). The third-order valence-corrected chi connectivity index (χ3v) is 4.36. The number of nitrogens with one attached hydrogen (secondary N) is 1. The fourth-order valence-corrected chi connectivity index (χ4v) is 2.69. The van der Waals surface area contributed by atoms with Gasteiger partial charge in [-0.1, -0.05) is 30.3 Å². The fraction of sp³-hybridized carbons (Fsp3) is 0.227. The molecule has 0 aliphatic carbocycles. The van der Waals surface area contributed by atoms with E-state index in [0.29, 0.717) is 17.8 Å².